The number of amides is 1. The van der Waals surface area contributed by atoms with Crippen LogP contribution in [0.3, 0.4) is 0 Å². The zero-order valence-corrected chi connectivity index (χ0v) is 13.1. The number of fused-ring (bicyclic) bond motifs is 1. The van der Waals surface area contributed by atoms with Gasteiger partial charge in [-0.2, -0.15) is 0 Å². The summed E-state index contributed by atoms with van der Waals surface area (Å²) in [5.74, 6) is -2.27. The van der Waals surface area contributed by atoms with E-state index < -0.39 is 17.5 Å². The number of rotatable bonds is 2. The molecule has 122 valence electrons. The minimum absolute atomic E-state index is 0.0834. The largest absolute Gasteiger partial charge is 0.318 e. The second-order valence-corrected chi connectivity index (χ2v) is 5.56. The molecule has 0 unspecified atom stereocenters. The number of carbonyl (C=O) groups excluding carboxylic acids is 1. The van der Waals surface area contributed by atoms with E-state index in [1.807, 2.05) is 13.0 Å². The predicted molar refractivity (Wildman–Crippen MR) is 88.2 cm³/mol. The van der Waals surface area contributed by atoms with Crippen LogP contribution >= 0.6 is 0 Å². The molecular weight excluding hydrogens is 314 g/mol. The first-order valence-corrected chi connectivity index (χ1v) is 7.23. The summed E-state index contributed by atoms with van der Waals surface area (Å²) in [7, 11) is 1.47. The molecule has 1 heterocycles. The van der Waals surface area contributed by atoms with Gasteiger partial charge in [0.05, 0.1) is 5.69 Å². The minimum Gasteiger partial charge on any atom is -0.318 e. The molecule has 0 bridgehead atoms. The molecule has 3 aromatic rings. The smallest absolute Gasteiger partial charge is 0.272 e. The minimum atomic E-state index is -0.884. The van der Waals surface area contributed by atoms with Gasteiger partial charge >= 0.3 is 0 Å². The van der Waals surface area contributed by atoms with Crippen molar-refractivity contribution < 1.29 is 13.6 Å². The molecule has 1 aromatic heterocycles. The maximum Gasteiger partial charge on any atom is 0.272 e. The highest BCUT2D eigenvalue weighted by Crippen LogP contribution is 2.18. The molecule has 4 nitrogen and oxygen atoms in total. The van der Waals surface area contributed by atoms with Gasteiger partial charge in [0.1, 0.15) is 17.3 Å². The molecule has 0 saturated heterocycles. The summed E-state index contributed by atoms with van der Waals surface area (Å²) in [6, 6.07) is 9.75. The first kappa shape index (κ1) is 15.9. The summed E-state index contributed by atoms with van der Waals surface area (Å²) >= 11 is 0. The average molecular weight is 328 g/mol. The van der Waals surface area contributed by atoms with Gasteiger partial charge in [-0.3, -0.25) is 9.59 Å². The van der Waals surface area contributed by atoms with Crippen molar-refractivity contribution in [2.75, 3.05) is 5.32 Å². The van der Waals surface area contributed by atoms with Gasteiger partial charge in [0.15, 0.2) is 0 Å². The third-order valence-corrected chi connectivity index (χ3v) is 3.81. The Kier molecular flexibility index (Phi) is 3.89. The van der Waals surface area contributed by atoms with Crippen molar-refractivity contribution >= 4 is 22.4 Å². The second-order valence-electron chi connectivity index (χ2n) is 5.56. The van der Waals surface area contributed by atoms with Gasteiger partial charge in [0.25, 0.3) is 11.5 Å². The molecule has 2 aromatic carbocycles. The monoisotopic (exact) mass is 328 g/mol. The molecule has 0 radical (unpaired) electrons. The Balaban J connectivity index is 2.05. The van der Waals surface area contributed by atoms with Gasteiger partial charge in [-0.1, -0.05) is 17.7 Å². The Morgan fingerprint density at radius 3 is 2.54 bits per heavy atom. The van der Waals surface area contributed by atoms with Gasteiger partial charge in [0.2, 0.25) is 0 Å². The van der Waals surface area contributed by atoms with E-state index in [0.717, 1.165) is 17.7 Å². The Morgan fingerprint density at radius 1 is 1.08 bits per heavy atom. The van der Waals surface area contributed by atoms with Gasteiger partial charge in [-0.25, -0.2) is 8.78 Å². The third-order valence-electron chi connectivity index (χ3n) is 3.81. The molecule has 0 saturated carbocycles. The number of pyridine rings is 1. The van der Waals surface area contributed by atoms with Gasteiger partial charge in [0, 0.05) is 18.5 Å². The number of hydrogen-bond acceptors (Lipinski definition) is 2. The number of anilines is 1. The first-order chi connectivity index (χ1) is 11.4. The molecular formula is C18H14F2N2O2. The van der Waals surface area contributed by atoms with Crippen molar-refractivity contribution in [3.63, 3.8) is 0 Å². The second kappa shape index (κ2) is 5.88. The zero-order chi connectivity index (χ0) is 17.4. The number of nitrogens with one attached hydrogen (secondary N) is 1. The fraction of sp³-hybridized carbons (Fsp3) is 0.111. The van der Waals surface area contributed by atoms with E-state index in [9.17, 15) is 18.4 Å². The molecule has 6 heteroatoms. The SMILES string of the molecule is Cc1ccc2cc(C(=O)Nc3ccc(F)cc3F)n(C)c(=O)c2c1. The highest BCUT2D eigenvalue weighted by Gasteiger charge is 2.15. The van der Waals surface area contributed by atoms with E-state index in [1.54, 1.807) is 18.2 Å². The summed E-state index contributed by atoms with van der Waals surface area (Å²) in [4.78, 5) is 24.8. The number of benzene rings is 2. The summed E-state index contributed by atoms with van der Waals surface area (Å²) in [6.45, 7) is 1.87. The number of nitrogens with zero attached hydrogens (tertiary/aromatic N) is 1. The van der Waals surface area contributed by atoms with Crippen molar-refractivity contribution in [3.8, 4) is 0 Å². The van der Waals surface area contributed by atoms with Crippen LogP contribution in [0.2, 0.25) is 0 Å². The Bertz CT molecular complexity index is 1030. The van der Waals surface area contributed by atoms with E-state index >= 15 is 0 Å². The van der Waals surface area contributed by atoms with Crippen LogP contribution in [0.5, 0.6) is 0 Å². The number of carbonyl (C=O) groups is 1. The predicted octanol–water partition coefficient (Wildman–Crippen LogP) is 3.38. The lowest BCUT2D eigenvalue weighted by Crippen LogP contribution is -2.26. The quantitative estimate of drug-likeness (QED) is 0.784. The normalized spacial score (nSPS) is 10.8. The van der Waals surface area contributed by atoms with Crippen molar-refractivity contribution in [1.82, 2.24) is 4.57 Å². The molecule has 0 atom stereocenters. The topological polar surface area (TPSA) is 51.1 Å². The molecule has 0 fully saturated rings. The van der Waals surface area contributed by atoms with Gasteiger partial charge in [-0.15, -0.1) is 0 Å². The van der Waals surface area contributed by atoms with Crippen molar-refractivity contribution in [2.45, 2.75) is 6.92 Å². The highest BCUT2D eigenvalue weighted by atomic mass is 19.1. The Labute approximate surface area is 136 Å². The van der Waals surface area contributed by atoms with E-state index in [4.69, 9.17) is 0 Å². The lowest BCUT2D eigenvalue weighted by Gasteiger charge is -2.11. The highest BCUT2D eigenvalue weighted by molar-refractivity contribution is 6.05. The molecule has 24 heavy (non-hydrogen) atoms. The lowest BCUT2D eigenvalue weighted by molar-refractivity contribution is 0.101. The van der Waals surface area contributed by atoms with E-state index in [0.29, 0.717) is 16.8 Å². The van der Waals surface area contributed by atoms with Crippen molar-refractivity contribution in [3.05, 3.63) is 75.7 Å². The molecule has 3 rings (SSSR count). The fourth-order valence-electron chi connectivity index (χ4n) is 2.51. The first-order valence-electron chi connectivity index (χ1n) is 7.23. The molecule has 0 aliphatic rings. The summed E-state index contributed by atoms with van der Waals surface area (Å²) in [5.41, 5.74) is 0.545. The van der Waals surface area contributed by atoms with Crippen molar-refractivity contribution in [2.24, 2.45) is 7.05 Å². The fourth-order valence-corrected chi connectivity index (χ4v) is 2.51. The maximum absolute atomic E-state index is 13.7. The van der Waals surface area contributed by atoms with Gasteiger partial charge < -0.3 is 9.88 Å². The molecule has 1 N–H and O–H groups in total. The van der Waals surface area contributed by atoms with Crippen LogP contribution in [0.1, 0.15) is 16.1 Å². The van der Waals surface area contributed by atoms with Crippen LogP contribution in [0, 0.1) is 18.6 Å². The Hall–Kier alpha value is -3.02. The molecule has 0 spiro atoms. The summed E-state index contributed by atoms with van der Waals surface area (Å²) in [6.07, 6.45) is 0. The molecule has 0 aliphatic heterocycles. The van der Waals surface area contributed by atoms with Crippen LogP contribution in [0.15, 0.2) is 47.3 Å². The van der Waals surface area contributed by atoms with Crippen LogP contribution < -0.4 is 10.9 Å². The van der Waals surface area contributed by atoms with E-state index in [2.05, 4.69) is 5.32 Å². The number of aryl methyl sites for hydroxylation is 1. The van der Waals surface area contributed by atoms with E-state index in [1.165, 1.54) is 11.6 Å². The number of aromatic nitrogens is 1. The van der Waals surface area contributed by atoms with Crippen LogP contribution in [0.4, 0.5) is 14.5 Å². The molecule has 0 aliphatic carbocycles. The lowest BCUT2D eigenvalue weighted by atomic mass is 10.1. The van der Waals surface area contributed by atoms with Crippen LogP contribution in [-0.4, -0.2) is 10.5 Å². The average Bonchev–Trinajstić information content (AvgIpc) is 2.54. The number of halogens is 2. The molecule has 1 amide bonds. The summed E-state index contributed by atoms with van der Waals surface area (Å²) < 4.78 is 27.8. The van der Waals surface area contributed by atoms with Crippen LogP contribution in [-0.2, 0) is 7.05 Å². The van der Waals surface area contributed by atoms with E-state index in [-0.39, 0.29) is 16.9 Å². The number of hydrogen-bond donors (Lipinski definition) is 1. The van der Waals surface area contributed by atoms with Crippen LogP contribution in [0.25, 0.3) is 10.8 Å². The van der Waals surface area contributed by atoms with Crippen molar-refractivity contribution in [1.29, 1.82) is 0 Å². The van der Waals surface area contributed by atoms with Gasteiger partial charge in [-0.05, 0) is 36.6 Å². The standard InChI is InChI=1S/C18H14F2N2O2/c1-10-3-4-11-8-16(22(2)18(24)13(11)7-10)17(23)21-15-6-5-12(19)9-14(15)20/h3-9H,1-2H3,(H,21,23). The maximum atomic E-state index is 13.7. The Morgan fingerprint density at radius 2 is 1.83 bits per heavy atom. The third kappa shape index (κ3) is 2.78. The summed E-state index contributed by atoms with van der Waals surface area (Å²) in [5, 5.41) is 3.48. The zero-order valence-electron chi connectivity index (χ0n) is 13.1.